The van der Waals surface area contributed by atoms with Crippen molar-refractivity contribution in [3.63, 3.8) is 0 Å². The highest BCUT2D eigenvalue weighted by Crippen LogP contribution is 2.20. The second-order valence-electron chi connectivity index (χ2n) is 8.16. The van der Waals surface area contributed by atoms with Gasteiger partial charge in [-0.3, -0.25) is 9.69 Å². The van der Waals surface area contributed by atoms with Crippen LogP contribution < -0.4 is 0 Å². The maximum absolute atomic E-state index is 12.8. The van der Waals surface area contributed by atoms with Gasteiger partial charge < -0.3 is 9.47 Å². The lowest BCUT2D eigenvalue weighted by molar-refractivity contribution is 0.0624. The summed E-state index contributed by atoms with van der Waals surface area (Å²) < 4.78 is 3.31. The first-order valence-corrected chi connectivity index (χ1v) is 11.7. The summed E-state index contributed by atoms with van der Waals surface area (Å²) in [6.07, 6.45) is 0. The summed E-state index contributed by atoms with van der Waals surface area (Å²) in [6, 6.07) is 26.4. The Kier molecular flexibility index (Phi) is 6.06. The number of hydrogen-bond donors (Lipinski definition) is 0. The second-order valence-corrected chi connectivity index (χ2v) is 9.08. The smallest absolute Gasteiger partial charge is 0.253 e. The van der Waals surface area contributed by atoms with Crippen LogP contribution in [0.5, 0.6) is 0 Å². The Hall–Kier alpha value is -2.96. The highest BCUT2D eigenvalue weighted by Gasteiger charge is 2.23. The van der Waals surface area contributed by atoms with Crippen molar-refractivity contribution in [1.29, 1.82) is 0 Å². The Balaban J connectivity index is 1.30. The Morgan fingerprint density at radius 3 is 2.25 bits per heavy atom. The van der Waals surface area contributed by atoms with Gasteiger partial charge in [-0.25, -0.2) is 4.98 Å². The van der Waals surface area contributed by atoms with Crippen molar-refractivity contribution in [2.24, 2.45) is 0 Å². The van der Waals surface area contributed by atoms with Crippen molar-refractivity contribution in [2.75, 3.05) is 26.2 Å². The molecule has 1 amide bonds. The first-order chi connectivity index (χ1) is 15.7. The van der Waals surface area contributed by atoms with Crippen LogP contribution in [-0.2, 0) is 13.1 Å². The molecule has 0 saturated carbocycles. The molecule has 1 aliphatic rings. The van der Waals surface area contributed by atoms with Gasteiger partial charge in [0, 0.05) is 42.8 Å². The number of aromatic nitrogens is 2. The minimum Gasteiger partial charge on any atom is -0.336 e. The zero-order valence-electron chi connectivity index (χ0n) is 17.8. The summed E-state index contributed by atoms with van der Waals surface area (Å²) in [5.74, 6) is 1.18. The number of carbonyl (C=O) groups excluding carboxylic acids is 1. The molecular weight excluding hydrogens is 464 g/mol. The van der Waals surface area contributed by atoms with Crippen molar-refractivity contribution >= 4 is 32.9 Å². The average molecular weight is 489 g/mol. The van der Waals surface area contributed by atoms with Gasteiger partial charge in [0.1, 0.15) is 5.82 Å². The molecule has 1 aliphatic heterocycles. The molecule has 0 bridgehead atoms. The number of amides is 1. The fourth-order valence-corrected chi connectivity index (χ4v) is 4.54. The molecule has 32 heavy (non-hydrogen) atoms. The van der Waals surface area contributed by atoms with Gasteiger partial charge in [0.15, 0.2) is 0 Å². The molecule has 5 rings (SSSR count). The number of benzene rings is 3. The largest absolute Gasteiger partial charge is 0.336 e. The first kappa shape index (κ1) is 20.9. The van der Waals surface area contributed by atoms with Gasteiger partial charge in [-0.1, -0.05) is 58.4 Å². The molecule has 1 saturated heterocycles. The molecule has 6 heteroatoms. The van der Waals surface area contributed by atoms with Crippen LogP contribution in [0.4, 0.5) is 0 Å². The molecule has 0 radical (unpaired) electrons. The summed E-state index contributed by atoms with van der Waals surface area (Å²) in [7, 11) is 0. The molecule has 1 fully saturated rings. The van der Waals surface area contributed by atoms with Gasteiger partial charge in [-0.2, -0.15) is 0 Å². The van der Waals surface area contributed by atoms with E-state index < -0.39 is 0 Å². The van der Waals surface area contributed by atoms with E-state index >= 15 is 0 Å². The lowest BCUT2D eigenvalue weighted by atomic mass is 10.2. The van der Waals surface area contributed by atoms with E-state index in [1.165, 1.54) is 5.56 Å². The van der Waals surface area contributed by atoms with Gasteiger partial charge in [-0.05, 0) is 42.0 Å². The Morgan fingerprint density at radius 2 is 1.50 bits per heavy atom. The molecule has 0 atom stereocenters. The van der Waals surface area contributed by atoms with Crippen LogP contribution in [0.3, 0.4) is 0 Å². The molecule has 5 nitrogen and oxygen atoms in total. The van der Waals surface area contributed by atoms with Crippen molar-refractivity contribution in [3.05, 3.63) is 100 Å². The van der Waals surface area contributed by atoms with Gasteiger partial charge in [0.25, 0.3) is 5.91 Å². The summed E-state index contributed by atoms with van der Waals surface area (Å²) in [5, 5.41) is 0. The average Bonchev–Trinajstić information content (AvgIpc) is 3.17. The van der Waals surface area contributed by atoms with Crippen molar-refractivity contribution in [3.8, 4) is 0 Å². The Labute approximate surface area is 196 Å². The minimum absolute atomic E-state index is 0.105. The molecule has 0 N–H and O–H groups in total. The number of nitrogens with zero attached hydrogens (tertiary/aromatic N) is 4. The highest BCUT2D eigenvalue weighted by atomic mass is 79.9. The van der Waals surface area contributed by atoms with Gasteiger partial charge in [0.05, 0.1) is 17.6 Å². The lowest BCUT2D eigenvalue weighted by Gasteiger charge is -2.34. The number of rotatable bonds is 5. The van der Waals surface area contributed by atoms with E-state index in [2.05, 4.69) is 67.9 Å². The summed E-state index contributed by atoms with van der Waals surface area (Å²) in [4.78, 5) is 22.1. The SMILES string of the molecule is O=C(c1ccc(Br)cc1)N1CCN(Cc2nc3ccccc3n2Cc2ccccc2)CC1. The van der Waals surface area contributed by atoms with Crippen LogP contribution in [0.25, 0.3) is 11.0 Å². The third-order valence-electron chi connectivity index (χ3n) is 6.03. The monoisotopic (exact) mass is 488 g/mol. The molecular formula is C26H25BrN4O. The van der Waals surface area contributed by atoms with Crippen LogP contribution in [0.15, 0.2) is 83.3 Å². The zero-order chi connectivity index (χ0) is 21.9. The molecule has 0 unspecified atom stereocenters. The normalized spacial score (nSPS) is 14.7. The molecule has 3 aromatic carbocycles. The first-order valence-electron chi connectivity index (χ1n) is 10.9. The number of imidazole rings is 1. The number of hydrogen-bond acceptors (Lipinski definition) is 3. The van der Waals surface area contributed by atoms with E-state index in [1.54, 1.807) is 0 Å². The van der Waals surface area contributed by atoms with Crippen molar-refractivity contribution in [1.82, 2.24) is 19.4 Å². The quantitative estimate of drug-likeness (QED) is 0.404. The van der Waals surface area contributed by atoms with Crippen molar-refractivity contribution in [2.45, 2.75) is 13.1 Å². The maximum atomic E-state index is 12.8. The van der Waals surface area contributed by atoms with E-state index in [1.807, 2.05) is 41.3 Å². The van der Waals surface area contributed by atoms with E-state index in [0.29, 0.717) is 0 Å². The molecule has 4 aromatic rings. The number of para-hydroxylation sites is 2. The third kappa shape index (κ3) is 4.47. The van der Waals surface area contributed by atoms with Crippen molar-refractivity contribution < 1.29 is 4.79 Å². The maximum Gasteiger partial charge on any atom is 0.253 e. The standard InChI is InChI=1S/C26H25BrN4O/c27-22-12-10-21(11-13-22)26(32)30-16-14-29(15-17-30)19-25-28-23-8-4-5-9-24(23)31(25)18-20-6-2-1-3-7-20/h1-13H,14-19H2. The number of piperazine rings is 1. The minimum atomic E-state index is 0.105. The van der Waals surface area contributed by atoms with Gasteiger partial charge >= 0.3 is 0 Å². The number of carbonyl (C=O) groups is 1. The van der Waals surface area contributed by atoms with E-state index in [4.69, 9.17) is 4.98 Å². The van der Waals surface area contributed by atoms with E-state index in [0.717, 1.165) is 66.2 Å². The molecule has 1 aromatic heterocycles. The summed E-state index contributed by atoms with van der Waals surface area (Å²) in [6.45, 7) is 4.73. The highest BCUT2D eigenvalue weighted by molar-refractivity contribution is 9.10. The third-order valence-corrected chi connectivity index (χ3v) is 6.56. The topological polar surface area (TPSA) is 41.4 Å². The summed E-state index contributed by atoms with van der Waals surface area (Å²) in [5.41, 5.74) is 4.20. The fraction of sp³-hybridized carbons (Fsp3) is 0.231. The summed E-state index contributed by atoms with van der Waals surface area (Å²) >= 11 is 3.43. The number of fused-ring (bicyclic) bond motifs is 1. The van der Waals surface area contributed by atoms with E-state index in [9.17, 15) is 4.79 Å². The fourth-order valence-electron chi connectivity index (χ4n) is 4.27. The molecule has 162 valence electrons. The zero-order valence-corrected chi connectivity index (χ0v) is 19.4. The van der Waals surface area contributed by atoms with E-state index in [-0.39, 0.29) is 5.91 Å². The van der Waals surface area contributed by atoms with Crippen LogP contribution in [-0.4, -0.2) is 51.4 Å². The Bertz CT molecular complexity index is 1210. The second kappa shape index (κ2) is 9.27. The molecule has 0 spiro atoms. The predicted octanol–water partition coefficient (Wildman–Crippen LogP) is 4.81. The predicted molar refractivity (Wildman–Crippen MR) is 131 cm³/mol. The molecule has 2 heterocycles. The molecule has 0 aliphatic carbocycles. The lowest BCUT2D eigenvalue weighted by Crippen LogP contribution is -2.48. The van der Waals surface area contributed by atoms with Crippen LogP contribution in [0.2, 0.25) is 0 Å². The van der Waals surface area contributed by atoms with Gasteiger partial charge in [-0.15, -0.1) is 0 Å². The Morgan fingerprint density at radius 1 is 0.812 bits per heavy atom. The van der Waals surface area contributed by atoms with Crippen LogP contribution in [0, 0.1) is 0 Å². The van der Waals surface area contributed by atoms with Gasteiger partial charge in [0.2, 0.25) is 0 Å². The van der Waals surface area contributed by atoms with Crippen LogP contribution >= 0.6 is 15.9 Å². The van der Waals surface area contributed by atoms with Crippen LogP contribution in [0.1, 0.15) is 21.7 Å². The number of halogens is 1.